The largest absolute Gasteiger partial charge is 0.476 e. The molecule has 0 aromatic carbocycles. The van der Waals surface area contributed by atoms with Crippen LogP contribution in [-0.2, 0) is 0 Å². The summed E-state index contributed by atoms with van der Waals surface area (Å²) in [6, 6.07) is 0. The van der Waals surface area contributed by atoms with Crippen LogP contribution >= 0.6 is 0 Å². The van der Waals surface area contributed by atoms with E-state index in [9.17, 15) is 14.4 Å². The second-order valence-electron chi connectivity index (χ2n) is 2.67. The molecule has 0 saturated carbocycles. The minimum atomic E-state index is -1.29. The van der Waals surface area contributed by atoms with Crippen LogP contribution in [0.1, 0.15) is 10.5 Å². The number of fused-ring (bicyclic) bond motifs is 1. The number of aromatic amines is 2. The lowest BCUT2D eigenvalue weighted by Crippen LogP contribution is -2.23. The number of H-pyrrole nitrogens is 2. The second-order valence-corrected chi connectivity index (χ2v) is 2.67. The third-order valence-corrected chi connectivity index (χ3v) is 1.67. The van der Waals surface area contributed by atoms with Gasteiger partial charge in [0, 0.05) is 0 Å². The Hall–Kier alpha value is -2.51. The Morgan fingerprint density at radius 1 is 1.33 bits per heavy atom. The lowest BCUT2D eigenvalue weighted by molar-refractivity contribution is 0.0690. The monoisotopic (exact) mass is 208 g/mol. The number of aromatic carboxylic acids is 1. The van der Waals surface area contributed by atoms with E-state index in [1.807, 2.05) is 4.98 Å². The van der Waals surface area contributed by atoms with E-state index in [-0.39, 0.29) is 16.9 Å². The molecule has 2 aromatic rings. The average molecular weight is 208 g/mol. The van der Waals surface area contributed by atoms with Crippen molar-refractivity contribution in [1.82, 2.24) is 19.9 Å². The Balaban J connectivity index is 2.88. The fourth-order valence-corrected chi connectivity index (χ4v) is 1.05. The molecule has 8 heteroatoms. The highest BCUT2D eigenvalue weighted by Crippen LogP contribution is 1.98. The van der Waals surface area contributed by atoms with Crippen LogP contribution in [0.4, 0.5) is 0 Å². The van der Waals surface area contributed by atoms with Gasteiger partial charge in [0.15, 0.2) is 16.9 Å². The van der Waals surface area contributed by atoms with Gasteiger partial charge in [-0.25, -0.2) is 19.6 Å². The van der Waals surface area contributed by atoms with Crippen molar-refractivity contribution in [3.63, 3.8) is 0 Å². The molecule has 2 heterocycles. The minimum Gasteiger partial charge on any atom is -0.476 e. The summed E-state index contributed by atoms with van der Waals surface area (Å²) < 4.78 is 0. The van der Waals surface area contributed by atoms with Crippen LogP contribution in [0.3, 0.4) is 0 Å². The Morgan fingerprint density at radius 2 is 2.07 bits per heavy atom. The van der Waals surface area contributed by atoms with Crippen molar-refractivity contribution in [1.29, 1.82) is 0 Å². The van der Waals surface area contributed by atoms with E-state index < -0.39 is 17.2 Å². The SMILES string of the molecule is O=C(O)c1cnc2c(=O)[nH]c(=O)[nH]c2n1. The zero-order chi connectivity index (χ0) is 11.0. The normalized spacial score (nSPS) is 10.4. The molecule has 3 N–H and O–H groups in total. The van der Waals surface area contributed by atoms with Crippen molar-refractivity contribution >= 4 is 17.1 Å². The summed E-state index contributed by atoms with van der Waals surface area (Å²) >= 11 is 0. The fourth-order valence-electron chi connectivity index (χ4n) is 1.05. The van der Waals surface area contributed by atoms with Crippen molar-refractivity contribution in [3.05, 3.63) is 32.7 Å². The van der Waals surface area contributed by atoms with Crippen molar-refractivity contribution in [3.8, 4) is 0 Å². The molecule has 0 aliphatic carbocycles. The molecule has 0 saturated heterocycles. The summed E-state index contributed by atoms with van der Waals surface area (Å²) in [6.07, 6.45) is 0.943. The predicted octanol–water partition coefficient (Wildman–Crippen LogP) is -1.30. The molecule has 0 bridgehead atoms. The number of carboxylic acid groups (broad SMARTS) is 1. The zero-order valence-electron chi connectivity index (χ0n) is 7.14. The summed E-state index contributed by atoms with van der Waals surface area (Å²) in [5.74, 6) is -1.29. The molecule has 2 aromatic heterocycles. The minimum absolute atomic E-state index is 0.111. The first-order chi connectivity index (χ1) is 7.08. The highest BCUT2D eigenvalue weighted by Gasteiger charge is 2.09. The Labute approximate surface area is 80.6 Å². The summed E-state index contributed by atoms with van der Waals surface area (Å²) in [7, 11) is 0. The van der Waals surface area contributed by atoms with E-state index in [0.29, 0.717) is 0 Å². The maximum Gasteiger partial charge on any atom is 0.356 e. The third-order valence-electron chi connectivity index (χ3n) is 1.67. The predicted molar refractivity (Wildman–Crippen MR) is 47.7 cm³/mol. The van der Waals surface area contributed by atoms with E-state index in [0.717, 1.165) is 6.20 Å². The number of nitrogens with zero attached hydrogens (tertiary/aromatic N) is 2. The zero-order valence-corrected chi connectivity index (χ0v) is 7.14. The molecule has 0 unspecified atom stereocenters. The maximum atomic E-state index is 11.2. The number of rotatable bonds is 1. The Kier molecular flexibility index (Phi) is 1.82. The van der Waals surface area contributed by atoms with Gasteiger partial charge in [-0.3, -0.25) is 14.8 Å². The van der Waals surface area contributed by atoms with Crippen molar-refractivity contribution in [2.75, 3.05) is 0 Å². The third kappa shape index (κ3) is 1.47. The van der Waals surface area contributed by atoms with Crippen LogP contribution in [0.5, 0.6) is 0 Å². The standard InChI is InChI=1S/C7H4N4O4/c12-5-3-4(10-7(15)11-5)9-2(1-8-3)6(13)14/h1H,(H,13,14)(H2,9,10,11,12,15). The highest BCUT2D eigenvalue weighted by molar-refractivity contribution is 5.86. The maximum absolute atomic E-state index is 11.2. The first-order valence-corrected chi connectivity index (χ1v) is 3.80. The lowest BCUT2D eigenvalue weighted by atomic mass is 10.4. The number of nitrogens with one attached hydrogen (secondary N) is 2. The van der Waals surface area contributed by atoms with E-state index >= 15 is 0 Å². The van der Waals surface area contributed by atoms with Crippen LogP contribution in [0.15, 0.2) is 15.8 Å². The van der Waals surface area contributed by atoms with Crippen LogP contribution in [0, 0.1) is 0 Å². The Morgan fingerprint density at radius 3 is 2.73 bits per heavy atom. The van der Waals surface area contributed by atoms with E-state index in [2.05, 4.69) is 15.0 Å². The van der Waals surface area contributed by atoms with Gasteiger partial charge in [0.2, 0.25) is 0 Å². The van der Waals surface area contributed by atoms with E-state index in [1.54, 1.807) is 0 Å². The van der Waals surface area contributed by atoms with Gasteiger partial charge < -0.3 is 5.11 Å². The molecular weight excluding hydrogens is 204 g/mol. The van der Waals surface area contributed by atoms with Crippen LogP contribution in [0.2, 0.25) is 0 Å². The smallest absolute Gasteiger partial charge is 0.356 e. The summed E-state index contributed by atoms with van der Waals surface area (Å²) in [6.45, 7) is 0. The van der Waals surface area contributed by atoms with Gasteiger partial charge in [0.1, 0.15) is 0 Å². The molecule has 0 spiro atoms. The summed E-state index contributed by atoms with van der Waals surface area (Å²) in [5, 5.41) is 8.60. The highest BCUT2D eigenvalue weighted by atomic mass is 16.4. The van der Waals surface area contributed by atoms with Crippen LogP contribution < -0.4 is 11.2 Å². The van der Waals surface area contributed by atoms with E-state index in [1.165, 1.54) is 0 Å². The number of hydrogen-bond donors (Lipinski definition) is 3. The van der Waals surface area contributed by atoms with Crippen molar-refractivity contribution < 1.29 is 9.90 Å². The molecule has 0 atom stereocenters. The molecule has 76 valence electrons. The van der Waals surface area contributed by atoms with E-state index in [4.69, 9.17) is 5.11 Å². The van der Waals surface area contributed by atoms with Gasteiger partial charge in [0.25, 0.3) is 5.56 Å². The van der Waals surface area contributed by atoms with Crippen molar-refractivity contribution in [2.45, 2.75) is 0 Å². The number of aromatic nitrogens is 4. The van der Waals surface area contributed by atoms with Gasteiger partial charge in [-0.15, -0.1) is 0 Å². The van der Waals surface area contributed by atoms with Crippen LogP contribution in [0.25, 0.3) is 11.2 Å². The quantitative estimate of drug-likeness (QED) is 0.534. The molecule has 15 heavy (non-hydrogen) atoms. The number of carboxylic acids is 1. The lowest BCUT2D eigenvalue weighted by Gasteiger charge is -1.95. The van der Waals surface area contributed by atoms with Crippen LogP contribution in [-0.4, -0.2) is 31.0 Å². The summed E-state index contributed by atoms with van der Waals surface area (Å²) in [4.78, 5) is 43.8. The first kappa shape index (κ1) is 9.06. The Bertz CT molecular complexity index is 656. The topological polar surface area (TPSA) is 129 Å². The van der Waals surface area contributed by atoms with Gasteiger partial charge >= 0.3 is 11.7 Å². The molecular formula is C7H4N4O4. The molecule has 0 amide bonds. The average Bonchev–Trinajstić information content (AvgIpc) is 2.16. The molecule has 0 radical (unpaired) electrons. The van der Waals surface area contributed by atoms with Gasteiger partial charge in [-0.05, 0) is 0 Å². The number of hydrogen-bond acceptors (Lipinski definition) is 5. The van der Waals surface area contributed by atoms with Gasteiger partial charge in [-0.2, -0.15) is 0 Å². The molecule has 0 aliphatic heterocycles. The number of carbonyl (C=O) groups is 1. The first-order valence-electron chi connectivity index (χ1n) is 3.80. The van der Waals surface area contributed by atoms with Gasteiger partial charge in [0.05, 0.1) is 6.20 Å². The molecule has 0 fully saturated rings. The van der Waals surface area contributed by atoms with Crippen molar-refractivity contribution in [2.24, 2.45) is 0 Å². The van der Waals surface area contributed by atoms with Gasteiger partial charge in [-0.1, -0.05) is 0 Å². The summed E-state index contributed by atoms with van der Waals surface area (Å²) in [5.41, 5.74) is -2.07. The molecule has 8 nitrogen and oxygen atoms in total. The second kappa shape index (κ2) is 3.01. The molecule has 2 rings (SSSR count). The fraction of sp³-hybridized carbons (Fsp3) is 0. The molecule has 0 aliphatic rings.